The minimum atomic E-state index is -0.323. The Labute approximate surface area is 113 Å². The van der Waals surface area contributed by atoms with Gasteiger partial charge in [-0.1, -0.05) is 6.92 Å². The van der Waals surface area contributed by atoms with E-state index in [0.29, 0.717) is 18.9 Å². The van der Waals surface area contributed by atoms with Crippen molar-refractivity contribution in [1.29, 1.82) is 0 Å². The molecule has 5 heteroatoms. The molecule has 0 aromatic carbocycles. The summed E-state index contributed by atoms with van der Waals surface area (Å²) in [7, 11) is 0. The van der Waals surface area contributed by atoms with Crippen LogP contribution in [0.1, 0.15) is 39.5 Å². The molecule has 4 unspecified atom stereocenters. The lowest BCUT2D eigenvalue weighted by atomic mass is 9.97. The molecule has 0 aromatic heterocycles. The minimum Gasteiger partial charge on any atom is -0.376 e. The molecule has 0 aromatic rings. The normalized spacial score (nSPS) is 39.6. The second-order valence-electron chi connectivity index (χ2n) is 5.93. The molecule has 2 aliphatic heterocycles. The summed E-state index contributed by atoms with van der Waals surface area (Å²) in [5.41, 5.74) is 0. The number of nitrogens with one attached hydrogen (secondary N) is 1. The summed E-state index contributed by atoms with van der Waals surface area (Å²) in [5, 5.41) is 2.93. The molecule has 0 spiro atoms. The van der Waals surface area contributed by atoms with E-state index in [1.807, 2.05) is 18.7 Å². The van der Waals surface area contributed by atoms with Gasteiger partial charge in [0, 0.05) is 6.61 Å². The van der Waals surface area contributed by atoms with E-state index < -0.39 is 0 Å². The van der Waals surface area contributed by atoms with Gasteiger partial charge in [-0.25, -0.2) is 0 Å². The van der Waals surface area contributed by atoms with E-state index in [4.69, 9.17) is 4.74 Å². The summed E-state index contributed by atoms with van der Waals surface area (Å²) in [5.74, 6) is 0.476. The third-order valence-corrected chi connectivity index (χ3v) is 4.63. The highest BCUT2D eigenvalue weighted by atomic mass is 16.5. The average Bonchev–Trinajstić information content (AvgIpc) is 3.14. The fraction of sp³-hybridized carbons (Fsp3) is 0.857. The van der Waals surface area contributed by atoms with Gasteiger partial charge in [0.05, 0.1) is 12.1 Å². The van der Waals surface area contributed by atoms with E-state index in [9.17, 15) is 9.59 Å². The number of hydrogen-bond acceptors (Lipinski definition) is 3. The van der Waals surface area contributed by atoms with E-state index in [1.165, 1.54) is 0 Å². The summed E-state index contributed by atoms with van der Waals surface area (Å²) in [6.07, 6.45) is 3.64. The molecule has 3 fully saturated rings. The van der Waals surface area contributed by atoms with Crippen LogP contribution in [0.4, 0.5) is 0 Å². The Morgan fingerprint density at radius 3 is 2.58 bits per heavy atom. The van der Waals surface area contributed by atoms with Gasteiger partial charge >= 0.3 is 0 Å². The van der Waals surface area contributed by atoms with Gasteiger partial charge in [-0.2, -0.15) is 0 Å². The van der Waals surface area contributed by atoms with Crippen molar-refractivity contribution >= 4 is 11.8 Å². The average molecular weight is 266 g/mol. The van der Waals surface area contributed by atoms with Crippen molar-refractivity contribution in [1.82, 2.24) is 10.2 Å². The van der Waals surface area contributed by atoms with E-state index >= 15 is 0 Å². The van der Waals surface area contributed by atoms with Crippen molar-refractivity contribution in [3.63, 3.8) is 0 Å². The molecule has 1 aliphatic carbocycles. The van der Waals surface area contributed by atoms with Crippen LogP contribution in [-0.2, 0) is 14.3 Å². The number of rotatable bonds is 3. The molecular formula is C14H22N2O3. The summed E-state index contributed by atoms with van der Waals surface area (Å²) in [6.45, 7) is 4.64. The van der Waals surface area contributed by atoms with Gasteiger partial charge < -0.3 is 15.0 Å². The van der Waals surface area contributed by atoms with Crippen LogP contribution in [0.2, 0.25) is 0 Å². The summed E-state index contributed by atoms with van der Waals surface area (Å²) >= 11 is 0. The van der Waals surface area contributed by atoms with Gasteiger partial charge in [-0.05, 0) is 38.5 Å². The number of carbonyl (C=O) groups is 2. The van der Waals surface area contributed by atoms with Gasteiger partial charge in [-0.3, -0.25) is 9.59 Å². The molecular weight excluding hydrogens is 244 g/mol. The molecule has 1 N–H and O–H groups in total. The second kappa shape index (κ2) is 4.78. The predicted molar refractivity (Wildman–Crippen MR) is 69.4 cm³/mol. The van der Waals surface area contributed by atoms with E-state index in [0.717, 1.165) is 19.3 Å². The van der Waals surface area contributed by atoms with Crippen LogP contribution in [0.15, 0.2) is 0 Å². The molecule has 5 nitrogen and oxygen atoms in total. The first-order valence-corrected chi connectivity index (χ1v) is 7.37. The monoisotopic (exact) mass is 266 g/mol. The van der Waals surface area contributed by atoms with Gasteiger partial charge in [0.15, 0.2) is 0 Å². The Hall–Kier alpha value is -1.10. The van der Waals surface area contributed by atoms with E-state index in [-0.39, 0.29) is 36.0 Å². The third-order valence-electron chi connectivity index (χ3n) is 4.63. The number of amides is 2. The van der Waals surface area contributed by atoms with Crippen LogP contribution in [0.5, 0.6) is 0 Å². The zero-order valence-corrected chi connectivity index (χ0v) is 11.6. The van der Waals surface area contributed by atoms with Crippen molar-refractivity contribution in [2.45, 2.75) is 63.8 Å². The summed E-state index contributed by atoms with van der Waals surface area (Å²) in [4.78, 5) is 26.8. The van der Waals surface area contributed by atoms with E-state index in [2.05, 4.69) is 5.32 Å². The van der Waals surface area contributed by atoms with Crippen LogP contribution < -0.4 is 5.32 Å². The first-order chi connectivity index (χ1) is 9.13. The van der Waals surface area contributed by atoms with Gasteiger partial charge in [0.1, 0.15) is 12.1 Å². The minimum absolute atomic E-state index is 0.0121. The SMILES string of the molecule is CCC1C(=O)NC(C2CC2)C(=O)N1C1CCOC1C. The zero-order valence-electron chi connectivity index (χ0n) is 11.6. The molecule has 2 heterocycles. The molecule has 2 amide bonds. The highest BCUT2D eigenvalue weighted by Crippen LogP contribution is 2.36. The largest absolute Gasteiger partial charge is 0.376 e. The van der Waals surface area contributed by atoms with Crippen LogP contribution in [0.3, 0.4) is 0 Å². The standard InChI is InChI=1S/C14H22N2O3/c1-3-10-13(17)15-12(9-4-5-9)14(18)16(10)11-6-7-19-8(11)2/h8-12H,3-7H2,1-2H3,(H,15,17). The number of nitrogens with zero attached hydrogens (tertiary/aromatic N) is 1. The lowest BCUT2D eigenvalue weighted by Crippen LogP contribution is -2.67. The smallest absolute Gasteiger partial charge is 0.246 e. The fourth-order valence-electron chi connectivity index (χ4n) is 3.36. The van der Waals surface area contributed by atoms with Crippen LogP contribution in [-0.4, -0.2) is 47.6 Å². The molecule has 3 aliphatic rings. The number of carbonyl (C=O) groups excluding carboxylic acids is 2. The fourth-order valence-corrected chi connectivity index (χ4v) is 3.36. The molecule has 0 radical (unpaired) electrons. The van der Waals surface area contributed by atoms with Gasteiger partial charge in [0.2, 0.25) is 11.8 Å². The quantitative estimate of drug-likeness (QED) is 0.817. The third kappa shape index (κ3) is 2.14. The number of ether oxygens (including phenoxy) is 1. The first-order valence-electron chi connectivity index (χ1n) is 7.37. The van der Waals surface area contributed by atoms with Crippen molar-refractivity contribution < 1.29 is 14.3 Å². The van der Waals surface area contributed by atoms with E-state index in [1.54, 1.807) is 0 Å². The Bertz CT molecular complexity index is 394. The Balaban J connectivity index is 1.86. The maximum Gasteiger partial charge on any atom is 0.246 e. The second-order valence-corrected chi connectivity index (χ2v) is 5.93. The molecule has 1 saturated carbocycles. The molecule has 19 heavy (non-hydrogen) atoms. The maximum atomic E-state index is 12.7. The van der Waals surface area contributed by atoms with Crippen LogP contribution in [0, 0.1) is 5.92 Å². The highest BCUT2D eigenvalue weighted by Gasteiger charge is 2.49. The Morgan fingerprint density at radius 2 is 2.05 bits per heavy atom. The molecule has 106 valence electrons. The summed E-state index contributed by atoms with van der Waals surface area (Å²) in [6, 6.07) is -0.551. The maximum absolute atomic E-state index is 12.7. The lowest BCUT2D eigenvalue weighted by Gasteiger charge is -2.43. The Kier molecular flexibility index (Phi) is 3.25. The Morgan fingerprint density at radius 1 is 1.32 bits per heavy atom. The highest BCUT2D eigenvalue weighted by molar-refractivity contribution is 5.97. The van der Waals surface area contributed by atoms with Gasteiger partial charge in [0.25, 0.3) is 0 Å². The van der Waals surface area contributed by atoms with Crippen molar-refractivity contribution in [3.8, 4) is 0 Å². The van der Waals surface area contributed by atoms with Crippen molar-refractivity contribution in [2.24, 2.45) is 5.92 Å². The first kappa shape index (κ1) is 12.9. The predicted octanol–water partition coefficient (Wildman–Crippen LogP) is 0.679. The molecule has 0 bridgehead atoms. The van der Waals surface area contributed by atoms with Crippen LogP contribution >= 0.6 is 0 Å². The van der Waals surface area contributed by atoms with Gasteiger partial charge in [-0.15, -0.1) is 0 Å². The number of hydrogen-bond donors (Lipinski definition) is 1. The molecule has 2 saturated heterocycles. The zero-order chi connectivity index (χ0) is 13.6. The summed E-state index contributed by atoms with van der Waals surface area (Å²) < 4.78 is 5.58. The lowest BCUT2D eigenvalue weighted by molar-refractivity contribution is -0.154. The molecule has 4 atom stereocenters. The van der Waals surface area contributed by atoms with Crippen molar-refractivity contribution in [3.05, 3.63) is 0 Å². The van der Waals surface area contributed by atoms with Crippen molar-refractivity contribution in [2.75, 3.05) is 6.61 Å². The molecule has 3 rings (SSSR count). The number of piperazine rings is 1. The topological polar surface area (TPSA) is 58.6 Å². The van der Waals surface area contributed by atoms with Crippen LogP contribution in [0.25, 0.3) is 0 Å².